The highest BCUT2D eigenvalue weighted by molar-refractivity contribution is 5.94. The summed E-state index contributed by atoms with van der Waals surface area (Å²) in [6.07, 6.45) is 2.78. The summed E-state index contributed by atoms with van der Waals surface area (Å²) in [6.45, 7) is 2.25. The molecule has 2 N–H and O–H groups in total. The molecule has 1 aliphatic heterocycles. The summed E-state index contributed by atoms with van der Waals surface area (Å²) in [6, 6.07) is 23.5. The minimum atomic E-state index is -0.0324. The zero-order valence-corrected chi connectivity index (χ0v) is 18.5. The molecule has 0 bridgehead atoms. The maximum Gasteiger partial charge on any atom is 0.251 e. The lowest BCUT2D eigenvalue weighted by atomic mass is 10.0. The summed E-state index contributed by atoms with van der Waals surface area (Å²) in [7, 11) is 2.11. The molecule has 166 valence electrons. The number of likely N-dealkylation sites (N-methyl/N-ethyl adjacent to an activating group) is 1. The number of hydrogen-bond donors (Lipinski definition) is 2. The smallest absolute Gasteiger partial charge is 0.251 e. The fourth-order valence-corrected chi connectivity index (χ4v) is 4.07. The van der Waals surface area contributed by atoms with Crippen LogP contribution in [-0.4, -0.2) is 48.7 Å². The lowest BCUT2D eigenvalue weighted by molar-refractivity contribution is 0.0952. The number of phenolic OH excluding ortho intramolecular Hbond substituents is 1. The Labute approximate surface area is 189 Å². The van der Waals surface area contributed by atoms with Crippen LogP contribution in [0, 0.1) is 0 Å². The van der Waals surface area contributed by atoms with Crippen molar-refractivity contribution >= 4 is 5.91 Å². The van der Waals surface area contributed by atoms with Crippen LogP contribution in [0.15, 0.2) is 72.8 Å². The molecule has 32 heavy (non-hydrogen) atoms. The van der Waals surface area contributed by atoms with Gasteiger partial charge >= 0.3 is 0 Å². The topological polar surface area (TPSA) is 61.8 Å². The predicted molar refractivity (Wildman–Crippen MR) is 127 cm³/mol. The molecule has 0 aliphatic carbocycles. The highest BCUT2D eigenvalue weighted by atomic mass is 16.5. The third kappa shape index (κ3) is 5.48. The Kier molecular flexibility index (Phi) is 7.07. The van der Waals surface area contributed by atoms with Gasteiger partial charge in [-0.3, -0.25) is 9.69 Å². The number of phenols is 1. The number of rotatable bonds is 8. The first-order valence-electron chi connectivity index (χ1n) is 11.2. The molecule has 0 saturated carbocycles. The third-order valence-electron chi connectivity index (χ3n) is 6.03. The second kappa shape index (κ2) is 10.3. The van der Waals surface area contributed by atoms with Gasteiger partial charge in [0, 0.05) is 18.2 Å². The number of benzene rings is 3. The molecule has 1 heterocycles. The number of nitrogens with zero attached hydrogens (tertiary/aromatic N) is 1. The fraction of sp³-hybridized carbons (Fsp3) is 0.296. The number of nitrogens with one attached hydrogen (secondary N) is 1. The summed E-state index contributed by atoms with van der Waals surface area (Å²) >= 11 is 0. The molecule has 0 saturated heterocycles. The molecule has 5 heteroatoms. The Hall–Kier alpha value is -3.31. The first-order chi connectivity index (χ1) is 15.6. The van der Waals surface area contributed by atoms with E-state index in [0.717, 1.165) is 48.2 Å². The molecule has 0 radical (unpaired) electrons. The molecule has 0 spiro atoms. The monoisotopic (exact) mass is 430 g/mol. The Morgan fingerprint density at radius 1 is 1.03 bits per heavy atom. The Bertz CT molecular complexity index is 1030. The van der Waals surface area contributed by atoms with Crippen LogP contribution in [0.2, 0.25) is 0 Å². The van der Waals surface area contributed by atoms with Crippen molar-refractivity contribution in [2.45, 2.75) is 25.3 Å². The first kappa shape index (κ1) is 21.9. The number of fused-ring (bicyclic) bond motifs is 1. The molecule has 1 atom stereocenters. The van der Waals surface area contributed by atoms with Crippen molar-refractivity contribution in [3.63, 3.8) is 0 Å². The molecular formula is C27H30N2O3. The highest BCUT2D eigenvalue weighted by Crippen LogP contribution is 2.29. The molecule has 1 amide bonds. The lowest BCUT2D eigenvalue weighted by Gasteiger charge is -2.32. The SMILES string of the molecule is CN(CCCCNC(=O)c1ccc(-c2ccccc2)cc1)C1COc2ccc(O)cc2C1. The number of ether oxygens (including phenoxy) is 1. The molecule has 1 unspecified atom stereocenters. The van der Waals surface area contributed by atoms with E-state index in [1.54, 1.807) is 12.1 Å². The van der Waals surface area contributed by atoms with Gasteiger partial charge in [0.2, 0.25) is 0 Å². The van der Waals surface area contributed by atoms with Crippen molar-refractivity contribution in [1.82, 2.24) is 10.2 Å². The highest BCUT2D eigenvalue weighted by Gasteiger charge is 2.23. The summed E-state index contributed by atoms with van der Waals surface area (Å²) in [5.74, 6) is 1.11. The number of carbonyl (C=O) groups excluding carboxylic acids is 1. The van der Waals surface area contributed by atoms with Crippen LogP contribution in [0.3, 0.4) is 0 Å². The summed E-state index contributed by atoms with van der Waals surface area (Å²) < 4.78 is 5.85. The van der Waals surface area contributed by atoms with Gasteiger partial charge in [0.05, 0.1) is 0 Å². The van der Waals surface area contributed by atoms with Crippen molar-refractivity contribution in [1.29, 1.82) is 0 Å². The van der Waals surface area contributed by atoms with Gasteiger partial charge in [-0.1, -0.05) is 42.5 Å². The summed E-state index contributed by atoms with van der Waals surface area (Å²) in [5.41, 5.74) is 3.99. The Balaban J connectivity index is 1.17. The van der Waals surface area contributed by atoms with Gasteiger partial charge in [0.25, 0.3) is 5.91 Å². The summed E-state index contributed by atoms with van der Waals surface area (Å²) in [5, 5.41) is 12.7. The van der Waals surface area contributed by atoms with Gasteiger partial charge in [-0.25, -0.2) is 0 Å². The van der Waals surface area contributed by atoms with Crippen LogP contribution >= 0.6 is 0 Å². The average Bonchev–Trinajstić information content (AvgIpc) is 2.83. The minimum absolute atomic E-state index is 0.0324. The van der Waals surface area contributed by atoms with Gasteiger partial charge in [-0.05, 0) is 79.9 Å². The van der Waals surface area contributed by atoms with E-state index in [-0.39, 0.29) is 11.7 Å². The second-order valence-corrected chi connectivity index (χ2v) is 8.35. The van der Waals surface area contributed by atoms with Crippen molar-refractivity contribution in [3.05, 3.63) is 83.9 Å². The van der Waals surface area contributed by atoms with E-state index in [9.17, 15) is 9.90 Å². The molecule has 1 aliphatic rings. The van der Waals surface area contributed by atoms with Crippen molar-refractivity contribution in [3.8, 4) is 22.6 Å². The lowest BCUT2D eigenvalue weighted by Crippen LogP contribution is -2.41. The Morgan fingerprint density at radius 3 is 2.56 bits per heavy atom. The van der Waals surface area contributed by atoms with Gasteiger partial charge < -0.3 is 15.2 Å². The van der Waals surface area contributed by atoms with Gasteiger partial charge in [-0.2, -0.15) is 0 Å². The number of amides is 1. The van der Waals surface area contributed by atoms with E-state index in [4.69, 9.17) is 4.74 Å². The fourth-order valence-electron chi connectivity index (χ4n) is 4.07. The Morgan fingerprint density at radius 2 is 1.78 bits per heavy atom. The van der Waals surface area contributed by atoms with Crippen LogP contribution in [0.1, 0.15) is 28.8 Å². The van der Waals surface area contributed by atoms with Gasteiger partial charge in [0.1, 0.15) is 18.1 Å². The van der Waals surface area contributed by atoms with Crippen molar-refractivity contribution in [2.75, 3.05) is 26.7 Å². The molecular weight excluding hydrogens is 400 g/mol. The van der Waals surface area contributed by atoms with E-state index in [1.165, 1.54) is 0 Å². The maximum atomic E-state index is 12.4. The van der Waals surface area contributed by atoms with Gasteiger partial charge in [-0.15, -0.1) is 0 Å². The predicted octanol–water partition coefficient (Wildman–Crippen LogP) is 4.50. The summed E-state index contributed by atoms with van der Waals surface area (Å²) in [4.78, 5) is 14.7. The van der Waals surface area contributed by atoms with Crippen LogP contribution in [0.25, 0.3) is 11.1 Å². The van der Waals surface area contributed by atoms with Crippen LogP contribution in [0.5, 0.6) is 11.5 Å². The minimum Gasteiger partial charge on any atom is -0.508 e. The van der Waals surface area contributed by atoms with Crippen LogP contribution in [-0.2, 0) is 6.42 Å². The van der Waals surface area contributed by atoms with E-state index < -0.39 is 0 Å². The van der Waals surface area contributed by atoms with E-state index in [2.05, 4.69) is 29.4 Å². The zero-order chi connectivity index (χ0) is 22.3. The second-order valence-electron chi connectivity index (χ2n) is 8.35. The largest absolute Gasteiger partial charge is 0.508 e. The number of hydrogen-bond acceptors (Lipinski definition) is 4. The number of unbranched alkanes of at least 4 members (excludes halogenated alkanes) is 1. The van der Waals surface area contributed by atoms with Crippen molar-refractivity contribution < 1.29 is 14.6 Å². The zero-order valence-electron chi connectivity index (χ0n) is 18.5. The third-order valence-corrected chi connectivity index (χ3v) is 6.03. The maximum absolute atomic E-state index is 12.4. The van der Waals surface area contributed by atoms with E-state index >= 15 is 0 Å². The molecule has 3 aromatic rings. The molecule has 5 nitrogen and oxygen atoms in total. The quantitative estimate of drug-likeness (QED) is 0.517. The number of carbonyl (C=O) groups is 1. The van der Waals surface area contributed by atoms with E-state index in [0.29, 0.717) is 24.8 Å². The molecule has 0 fully saturated rings. The molecule has 3 aromatic carbocycles. The number of aromatic hydroxyl groups is 1. The molecule has 4 rings (SSSR count). The van der Waals surface area contributed by atoms with Crippen LogP contribution in [0.4, 0.5) is 0 Å². The van der Waals surface area contributed by atoms with Gasteiger partial charge in [0.15, 0.2) is 0 Å². The average molecular weight is 431 g/mol. The van der Waals surface area contributed by atoms with Crippen molar-refractivity contribution in [2.24, 2.45) is 0 Å². The first-order valence-corrected chi connectivity index (χ1v) is 11.2. The molecule has 0 aromatic heterocycles. The van der Waals surface area contributed by atoms with Crippen LogP contribution < -0.4 is 10.1 Å². The van der Waals surface area contributed by atoms with E-state index in [1.807, 2.05) is 48.5 Å². The normalized spacial score (nSPS) is 15.1. The standard InChI is InChI=1S/C27H30N2O3/c1-29(24-17-23-18-25(30)13-14-26(23)32-19-24)16-6-5-15-28-27(31)22-11-9-21(10-12-22)20-7-3-2-4-8-20/h2-4,7-14,18,24,30H,5-6,15-17,19H2,1H3,(H,28,31).